The molecule has 8 nitrogen and oxygen atoms in total. The number of carbonyl (C=O) groups excluding carboxylic acids is 3. The highest BCUT2D eigenvalue weighted by Gasteiger charge is 2.51. The van der Waals surface area contributed by atoms with E-state index in [2.05, 4.69) is 4.90 Å². The fourth-order valence-corrected chi connectivity index (χ4v) is 4.29. The molecule has 5 atom stereocenters. The number of carbonyl (C=O) groups is 3. The number of hydrogen-bond acceptors (Lipinski definition) is 8. The molecule has 31 heavy (non-hydrogen) atoms. The maximum absolute atomic E-state index is 12.9. The fraction of sp³-hybridized carbons (Fsp3) is 0.696. The Balaban J connectivity index is 1.99. The van der Waals surface area contributed by atoms with E-state index in [0.29, 0.717) is 38.4 Å². The second-order valence-electron chi connectivity index (χ2n) is 9.24. The Labute approximate surface area is 183 Å². The van der Waals surface area contributed by atoms with Crippen molar-refractivity contribution in [1.82, 2.24) is 4.90 Å². The van der Waals surface area contributed by atoms with Crippen LogP contribution < -0.4 is 0 Å². The predicted octanol–water partition coefficient (Wildman–Crippen LogP) is 1.27. The molecule has 0 amide bonds. The molecule has 0 unspecified atom stereocenters. The zero-order valence-corrected chi connectivity index (χ0v) is 18.7. The third-order valence-electron chi connectivity index (χ3n) is 6.14. The molecule has 0 spiro atoms. The first-order valence-corrected chi connectivity index (χ1v) is 10.9. The zero-order valence-electron chi connectivity index (χ0n) is 18.7. The highest BCUT2D eigenvalue weighted by Crippen LogP contribution is 2.39. The van der Waals surface area contributed by atoms with Gasteiger partial charge >= 0.3 is 11.9 Å². The number of nitrogens with zero attached hydrogens (tertiary/aromatic N) is 1. The molecule has 2 aliphatic heterocycles. The first-order valence-electron chi connectivity index (χ1n) is 10.9. The summed E-state index contributed by atoms with van der Waals surface area (Å²) in [6.07, 6.45) is 2.97. The summed E-state index contributed by atoms with van der Waals surface area (Å²) >= 11 is 0. The number of ether oxygens (including phenoxy) is 3. The van der Waals surface area contributed by atoms with Crippen LogP contribution in [-0.2, 0) is 28.6 Å². The maximum Gasteiger partial charge on any atom is 0.311 e. The molecule has 2 fully saturated rings. The lowest BCUT2D eigenvalue weighted by Crippen LogP contribution is -2.46. The Kier molecular flexibility index (Phi) is 7.34. The van der Waals surface area contributed by atoms with Crippen LogP contribution in [0, 0.1) is 17.8 Å². The van der Waals surface area contributed by atoms with Gasteiger partial charge < -0.3 is 19.3 Å². The monoisotopic (exact) mass is 435 g/mol. The Morgan fingerprint density at radius 2 is 2.00 bits per heavy atom. The average Bonchev–Trinajstić information content (AvgIpc) is 3.00. The van der Waals surface area contributed by atoms with E-state index in [1.807, 2.05) is 0 Å². The second-order valence-corrected chi connectivity index (χ2v) is 9.24. The third-order valence-corrected chi connectivity index (χ3v) is 6.14. The number of allylic oxidation sites excluding steroid dienone is 2. The van der Waals surface area contributed by atoms with E-state index >= 15 is 0 Å². The normalized spacial score (nSPS) is 37.5. The lowest BCUT2D eigenvalue weighted by atomic mass is 9.79. The standard InChI is InChI=1S/C23H33NO7/c1-14(2)21(26)31-19-12-23(4,28)6-5-17(25)15(3)11-18-20(19)16(22(27)30-18)13-24-7-9-29-10-8-24/h5-6,11,14,16,18-20,28H,7-10,12-13H2,1-4H3/b6-5+,15-11-/t16-,18-,19-,20+,23+/m1/s1. The summed E-state index contributed by atoms with van der Waals surface area (Å²) in [5.41, 5.74) is -0.979. The van der Waals surface area contributed by atoms with Crippen molar-refractivity contribution in [3.63, 3.8) is 0 Å². The number of morpholine rings is 1. The minimum absolute atomic E-state index is 0.0551. The van der Waals surface area contributed by atoms with E-state index < -0.39 is 35.6 Å². The van der Waals surface area contributed by atoms with Crippen LogP contribution in [0.25, 0.3) is 0 Å². The van der Waals surface area contributed by atoms with Crippen LogP contribution in [0.3, 0.4) is 0 Å². The van der Waals surface area contributed by atoms with Crippen molar-refractivity contribution in [3.8, 4) is 0 Å². The van der Waals surface area contributed by atoms with Crippen LogP contribution in [0.1, 0.15) is 34.1 Å². The summed E-state index contributed by atoms with van der Waals surface area (Å²) in [4.78, 5) is 40.0. The van der Waals surface area contributed by atoms with Crippen molar-refractivity contribution >= 4 is 17.7 Å². The lowest BCUT2D eigenvalue weighted by Gasteiger charge is -2.35. The van der Waals surface area contributed by atoms with Crippen LogP contribution in [0.4, 0.5) is 0 Å². The Morgan fingerprint density at radius 1 is 1.32 bits per heavy atom. The minimum atomic E-state index is -1.39. The van der Waals surface area contributed by atoms with Crippen LogP contribution in [0.5, 0.6) is 0 Å². The van der Waals surface area contributed by atoms with Gasteiger partial charge in [0.25, 0.3) is 0 Å². The third kappa shape index (κ3) is 5.81. The molecule has 0 aromatic heterocycles. The first-order chi connectivity index (χ1) is 14.6. The molecule has 8 heteroatoms. The number of hydrogen-bond donors (Lipinski definition) is 1. The lowest BCUT2D eigenvalue weighted by molar-refractivity contribution is -0.160. The molecule has 1 N–H and O–H groups in total. The molecule has 0 aromatic carbocycles. The number of aliphatic hydroxyl groups is 1. The van der Waals surface area contributed by atoms with Gasteiger partial charge in [0.1, 0.15) is 12.2 Å². The van der Waals surface area contributed by atoms with E-state index in [1.54, 1.807) is 33.8 Å². The smallest absolute Gasteiger partial charge is 0.311 e. The molecule has 2 heterocycles. The quantitative estimate of drug-likeness (QED) is 0.659. The van der Waals surface area contributed by atoms with Crippen LogP contribution >= 0.6 is 0 Å². The summed E-state index contributed by atoms with van der Waals surface area (Å²) in [6.45, 7) is 9.72. The average molecular weight is 436 g/mol. The van der Waals surface area contributed by atoms with Crippen molar-refractivity contribution in [2.45, 2.75) is 51.9 Å². The highest BCUT2D eigenvalue weighted by molar-refractivity contribution is 6.03. The molecule has 172 valence electrons. The van der Waals surface area contributed by atoms with Gasteiger partial charge in [-0.25, -0.2) is 0 Å². The molecule has 1 aliphatic carbocycles. The molecule has 0 bridgehead atoms. The topological polar surface area (TPSA) is 102 Å². The van der Waals surface area contributed by atoms with Crippen molar-refractivity contribution < 1.29 is 33.7 Å². The Bertz CT molecular complexity index is 764. The summed E-state index contributed by atoms with van der Waals surface area (Å²) < 4.78 is 16.9. The van der Waals surface area contributed by atoms with E-state index in [4.69, 9.17) is 14.2 Å². The van der Waals surface area contributed by atoms with Crippen molar-refractivity contribution in [2.75, 3.05) is 32.8 Å². The number of fused-ring (bicyclic) bond motifs is 1. The second kappa shape index (κ2) is 9.63. The number of esters is 2. The van der Waals surface area contributed by atoms with Crippen molar-refractivity contribution in [3.05, 3.63) is 23.8 Å². The molecule has 3 rings (SSSR count). The van der Waals surface area contributed by atoms with Crippen molar-refractivity contribution in [1.29, 1.82) is 0 Å². The van der Waals surface area contributed by atoms with Gasteiger partial charge in [0, 0.05) is 26.1 Å². The summed E-state index contributed by atoms with van der Waals surface area (Å²) in [5, 5.41) is 10.9. The largest absolute Gasteiger partial charge is 0.462 e. The SMILES string of the molecule is C/C1=C/[C@H]2OC(=O)[C@H](CN3CCOCC3)[C@@H]2[C@H](OC(=O)C(C)C)C[C@@](C)(O)/C=C/C1=O. The van der Waals surface area contributed by atoms with E-state index in [0.717, 1.165) is 0 Å². The van der Waals surface area contributed by atoms with Crippen molar-refractivity contribution in [2.24, 2.45) is 17.8 Å². The van der Waals surface area contributed by atoms with Gasteiger partial charge in [-0.2, -0.15) is 0 Å². The molecule has 0 saturated carbocycles. The maximum atomic E-state index is 12.9. The molecule has 0 radical (unpaired) electrons. The van der Waals surface area contributed by atoms with Gasteiger partial charge in [-0.3, -0.25) is 19.3 Å². The summed E-state index contributed by atoms with van der Waals surface area (Å²) in [6, 6.07) is 0. The number of rotatable bonds is 4. The predicted molar refractivity (Wildman–Crippen MR) is 112 cm³/mol. The van der Waals surface area contributed by atoms with Gasteiger partial charge in [0.05, 0.1) is 36.6 Å². The minimum Gasteiger partial charge on any atom is -0.462 e. The van der Waals surface area contributed by atoms with Crippen LogP contribution in [0.15, 0.2) is 23.8 Å². The molecular weight excluding hydrogens is 402 g/mol. The molecular formula is C23H33NO7. The number of ketones is 1. The van der Waals surface area contributed by atoms with Crippen LogP contribution in [0.2, 0.25) is 0 Å². The fourth-order valence-electron chi connectivity index (χ4n) is 4.29. The van der Waals surface area contributed by atoms with Gasteiger partial charge in [-0.05, 0) is 37.6 Å². The zero-order chi connectivity index (χ0) is 22.8. The van der Waals surface area contributed by atoms with E-state index in [1.165, 1.54) is 12.2 Å². The van der Waals surface area contributed by atoms with Crippen LogP contribution in [-0.4, -0.2) is 78.4 Å². The Hall–Kier alpha value is -2.03. The molecule has 3 aliphatic rings. The van der Waals surface area contributed by atoms with Gasteiger partial charge in [-0.1, -0.05) is 13.8 Å². The summed E-state index contributed by atoms with van der Waals surface area (Å²) in [7, 11) is 0. The molecule has 0 aromatic rings. The Morgan fingerprint density at radius 3 is 2.65 bits per heavy atom. The highest BCUT2D eigenvalue weighted by atomic mass is 16.6. The van der Waals surface area contributed by atoms with E-state index in [9.17, 15) is 19.5 Å². The van der Waals surface area contributed by atoms with Gasteiger partial charge in [0.15, 0.2) is 5.78 Å². The summed E-state index contributed by atoms with van der Waals surface area (Å²) in [5.74, 6) is -2.46. The van der Waals surface area contributed by atoms with Gasteiger partial charge in [0.2, 0.25) is 0 Å². The first kappa shape index (κ1) is 23.6. The van der Waals surface area contributed by atoms with E-state index in [-0.39, 0.29) is 24.1 Å². The molecule has 2 saturated heterocycles. The van der Waals surface area contributed by atoms with Gasteiger partial charge in [-0.15, -0.1) is 0 Å².